The van der Waals surface area contributed by atoms with Gasteiger partial charge >= 0.3 is 0 Å². The first-order valence-corrected chi connectivity index (χ1v) is 8.47. The molecule has 0 spiro atoms. The zero-order valence-electron chi connectivity index (χ0n) is 12.6. The fraction of sp³-hybridized carbons (Fsp3) is 0.750. The Kier molecular flexibility index (Phi) is 5.04. The van der Waals surface area contributed by atoms with Crippen molar-refractivity contribution in [1.82, 2.24) is 4.90 Å². The van der Waals surface area contributed by atoms with Crippen molar-refractivity contribution < 1.29 is 0 Å². The normalized spacial score (nSPS) is 29.6. The number of hydrogen-bond donors (Lipinski definition) is 1. The van der Waals surface area contributed by atoms with Crippen LogP contribution in [0.15, 0.2) is 17.5 Å². The van der Waals surface area contributed by atoms with Crippen LogP contribution in [0.2, 0.25) is 0 Å². The summed E-state index contributed by atoms with van der Waals surface area (Å²) in [5.41, 5.74) is 6.40. The Labute approximate surface area is 122 Å². The van der Waals surface area contributed by atoms with Gasteiger partial charge in [-0.15, -0.1) is 11.3 Å². The summed E-state index contributed by atoms with van der Waals surface area (Å²) in [5, 5.41) is 2.17. The van der Waals surface area contributed by atoms with E-state index in [0.717, 1.165) is 12.5 Å². The summed E-state index contributed by atoms with van der Waals surface area (Å²) in [4.78, 5) is 4.00. The quantitative estimate of drug-likeness (QED) is 0.882. The molecule has 0 radical (unpaired) electrons. The second-order valence-corrected chi connectivity index (χ2v) is 7.06. The molecule has 1 unspecified atom stereocenters. The summed E-state index contributed by atoms with van der Waals surface area (Å²) in [5.74, 6) is 0.921. The largest absolute Gasteiger partial charge is 0.329 e. The van der Waals surface area contributed by atoms with E-state index in [1.165, 1.54) is 37.0 Å². The van der Waals surface area contributed by atoms with Crippen molar-refractivity contribution in [1.29, 1.82) is 0 Å². The lowest BCUT2D eigenvalue weighted by Gasteiger charge is -2.48. The highest BCUT2D eigenvalue weighted by atomic mass is 32.1. The topological polar surface area (TPSA) is 29.3 Å². The molecular weight excluding hydrogens is 252 g/mol. The molecule has 1 heterocycles. The molecule has 3 heteroatoms. The van der Waals surface area contributed by atoms with E-state index in [1.807, 2.05) is 11.3 Å². The second-order valence-electron chi connectivity index (χ2n) is 6.08. The lowest BCUT2D eigenvalue weighted by molar-refractivity contribution is 0.0355. The number of rotatable bonds is 5. The van der Waals surface area contributed by atoms with Crippen molar-refractivity contribution in [3.63, 3.8) is 0 Å². The second kappa shape index (κ2) is 6.38. The zero-order valence-corrected chi connectivity index (χ0v) is 13.4. The summed E-state index contributed by atoms with van der Waals surface area (Å²) in [6, 6.07) is 4.86. The van der Waals surface area contributed by atoms with E-state index in [0.29, 0.717) is 6.04 Å². The highest BCUT2D eigenvalue weighted by Crippen LogP contribution is 2.40. The van der Waals surface area contributed by atoms with Gasteiger partial charge in [-0.05, 0) is 57.0 Å². The molecule has 0 bridgehead atoms. The highest BCUT2D eigenvalue weighted by Gasteiger charge is 2.39. The van der Waals surface area contributed by atoms with Gasteiger partial charge < -0.3 is 5.73 Å². The van der Waals surface area contributed by atoms with Crippen LogP contribution >= 0.6 is 11.3 Å². The molecule has 1 aliphatic carbocycles. The molecule has 2 rings (SSSR count). The maximum Gasteiger partial charge on any atom is 0.0416 e. The Morgan fingerprint density at radius 1 is 1.47 bits per heavy atom. The van der Waals surface area contributed by atoms with Crippen molar-refractivity contribution in [2.24, 2.45) is 11.7 Å². The summed E-state index contributed by atoms with van der Waals surface area (Å²) in [7, 11) is 2.27. The van der Waals surface area contributed by atoms with E-state index < -0.39 is 0 Å². The average Bonchev–Trinajstić information content (AvgIpc) is 3.00. The molecule has 1 aromatic heterocycles. The summed E-state index contributed by atoms with van der Waals surface area (Å²) in [6.45, 7) is 5.42. The molecule has 1 aliphatic rings. The molecule has 1 atom stereocenters. The molecule has 0 amide bonds. The van der Waals surface area contributed by atoms with Crippen LogP contribution in [0.3, 0.4) is 0 Å². The smallest absolute Gasteiger partial charge is 0.0416 e. The number of likely N-dealkylation sites (N-methyl/N-ethyl adjacent to an activating group) is 1. The minimum Gasteiger partial charge on any atom is -0.329 e. The molecule has 2 N–H and O–H groups in total. The molecule has 108 valence electrons. The van der Waals surface area contributed by atoms with Crippen LogP contribution in [-0.2, 0) is 0 Å². The maximum absolute atomic E-state index is 6.18. The first kappa shape index (κ1) is 15.0. The molecule has 1 aromatic rings. The Hall–Kier alpha value is -0.380. The molecule has 1 saturated carbocycles. The van der Waals surface area contributed by atoms with Gasteiger partial charge in [0, 0.05) is 23.0 Å². The highest BCUT2D eigenvalue weighted by molar-refractivity contribution is 7.10. The van der Waals surface area contributed by atoms with Gasteiger partial charge in [-0.3, -0.25) is 4.90 Å². The SMILES string of the molecule is CCC1CCC(CN)(N(C)C(C)c2cccs2)CC1. The maximum atomic E-state index is 6.18. The molecule has 0 saturated heterocycles. The molecule has 1 fully saturated rings. The lowest BCUT2D eigenvalue weighted by atomic mass is 9.74. The van der Waals surface area contributed by atoms with Gasteiger partial charge in [0.05, 0.1) is 0 Å². The van der Waals surface area contributed by atoms with Crippen molar-refractivity contribution in [2.45, 2.75) is 57.5 Å². The van der Waals surface area contributed by atoms with Gasteiger partial charge in [0.2, 0.25) is 0 Å². The first-order valence-electron chi connectivity index (χ1n) is 7.59. The van der Waals surface area contributed by atoms with E-state index in [4.69, 9.17) is 5.73 Å². The lowest BCUT2D eigenvalue weighted by Crippen LogP contribution is -2.54. The summed E-state index contributed by atoms with van der Waals surface area (Å²) in [6.07, 6.45) is 6.53. The Balaban J connectivity index is 2.08. The van der Waals surface area contributed by atoms with Gasteiger partial charge in [0.1, 0.15) is 0 Å². The van der Waals surface area contributed by atoms with Crippen molar-refractivity contribution in [2.75, 3.05) is 13.6 Å². The summed E-state index contributed by atoms with van der Waals surface area (Å²) >= 11 is 1.86. The fourth-order valence-corrected chi connectivity index (χ4v) is 4.28. The molecule has 2 nitrogen and oxygen atoms in total. The Bertz CT molecular complexity index is 366. The van der Waals surface area contributed by atoms with Gasteiger partial charge in [0.25, 0.3) is 0 Å². The van der Waals surface area contributed by atoms with E-state index in [1.54, 1.807) is 0 Å². The fourth-order valence-electron chi connectivity index (χ4n) is 3.45. The van der Waals surface area contributed by atoms with Crippen LogP contribution in [0.5, 0.6) is 0 Å². The van der Waals surface area contributed by atoms with Crippen LogP contribution in [0.4, 0.5) is 0 Å². The third-order valence-corrected chi connectivity index (χ3v) is 6.32. The van der Waals surface area contributed by atoms with Crippen molar-refractivity contribution in [3.8, 4) is 0 Å². The first-order chi connectivity index (χ1) is 9.13. The zero-order chi connectivity index (χ0) is 13.9. The molecule has 0 aliphatic heterocycles. The number of nitrogens with zero attached hydrogens (tertiary/aromatic N) is 1. The van der Waals surface area contributed by atoms with Crippen LogP contribution in [0, 0.1) is 5.92 Å². The van der Waals surface area contributed by atoms with Crippen LogP contribution in [0.25, 0.3) is 0 Å². The third-order valence-electron chi connectivity index (χ3n) is 5.28. The van der Waals surface area contributed by atoms with Crippen LogP contribution < -0.4 is 5.73 Å². The van der Waals surface area contributed by atoms with Crippen LogP contribution in [0.1, 0.15) is 56.9 Å². The van der Waals surface area contributed by atoms with E-state index >= 15 is 0 Å². The summed E-state index contributed by atoms with van der Waals surface area (Å²) < 4.78 is 0. The van der Waals surface area contributed by atoms with Gasteiger partial charge in [-0.2, -0.15) is 0 Å². The molecular formula is C16H28N2S. The minimum absolute atomic E-state index is 0.217. The molecule has 0 aromatic carbocycles. The van der Waals surface area contributed by atoms with E-state index in [9.17, 15) is 0 Å². The monoisotopic (exact) mass is 280 g/mol. The van der Waals surface area contributed by atoms with E-state index in [2.05, 4.69) is 43.3 Å². The van der Waals surface area contributed by atoms with Crippen molar-refractivity contribution in [3.05, 3.63) is 22.4 Å². The average molecular weight is 280 g/mol. The number of thiophene rings is 1. The predicted octanol–water partition coefficient (Wildman–Crippen LogP) is 4.04. The minimum atomic E-state index is 0.217. The van der Waals surface area contributed by atoms with E-state index in [-0.39, 0.29) is 5.54 Å². The number of hydrogen-bond acceptors (Lipinski definition) is 3. The van der Waals surface area contributed by atoms with Crippen LogP contribution in [-0.4, -0.2) is 24.0 Å². The third kappa shape index (κ3) is 3.04. The van der Waals surface area contributed by atoms with Gasteiger partial charge in [-0.25, -0.2) is 0 Å². The Morgan fingerprint density at radius 2 is 2.16 bits per heavy atom. The molecule has 19 heavy (non-hydrogen) atoms. The van der Waals surface area contributed by atoms with Gasteiger partial charge in [-0.1, -0.05) is 19.4 Å². The predicted molar refractivity (Wildman–Crippen MR) is 84.5 cm³/mol. The number of nitrogens with two attached hydrogens (primary N) is 1. The standard InChI is InChI=1S/C16H28N2S/c1-4-14-7-9-16(12-17,10-8-14)18(3)13(2)15-6-5-11-19-15/h5-6,11,13-14H,4,7-10,12,17H2,1-3H3. The van der Waals surface area contributed by atoms with Gasteiger partial charge in [0.15, 0.2) is 0 Å². The van der Waals surface area contributed by atoms with Crippen molar-refractivity contribution >= 4 is 11.3 Å². The Morgan fingerprint density at radius 3 is 2.63 bits per heavy atom.